The molecule has 0 fully saturated rings. The van der Waals surface area contributed by atoms with E-state index in [2.05, 4.69) is 5.32 Å². The zero-order chi connectivity index (χ0) is 12.7. The van der Waals surface area contributed by atoms with Crippen LogP contribution < -0.4 is 5.32 Å². The molecule has 1 heterocycles. The molecule has 0 radical (unpaired) electrons. The third kappa shape index (κ3) is 5.36. The van der Waals surface area contributed by atoms with Crippen molar-refractivity contribution in [2.75, 3.05) is 6.54 Å². The molecule has 0 spiro atoms. The molecule has 0 aliphatic carbocycles. The van der Waals surface area contributed by atoms with Crippen molar-refractivity contribution in [3.05, 3.63) is 29.7 Å². The van der Waals surface area contributed by atoms with Crippen LogP contribution in [0, 0.1) is 6.92 Å². The van der Waals surface area contributed by atoms with Gasteiger partial charge >= 0.3 is 0 Å². The summed E-state index contributed by atoms with van der Waals surface area (Å²) >= 11 is 0. The van der Waals surface area contributed by atoms with E-state index in [9.17, 15) is 9.90 Å². The molecule has 1 amide bonds. The fraction of sp³-hybridized carbons (Fsp3) is 0.462. The second-order valence-electron chi connectivity index (χ2n) is 3.97. The van der Waals surface area contributed by atoms with Gasteiger partial charge in [-0.25, -0.2) is 0 Å². The number of furan rings is 1. The monoisotopic (exact) mass is 237 g/mol. The van der Waals surface area contributed by atoms with Crippen molar-refractivity contribution in [1.29, 1.82) is 0 Å². The topological polar surface area (TPSA) is 62.5 Å². The summed E-state index contributed by atoms with van der Waals surface area (Å²) < 4.78 is 5.28. The van der Waals surface area contributed by atoms with Gasteiger partial charge in [0.15, 0.2) is 0 Å². The van der Waals surface area contributed by atoms with Crippen molar-refractivity contribution in [1.82, 2.24) is 5.32 Å². The molecular weight excluding hydrogens is 218 g/mol. The molecule has 0 saturated carbocycles. The summed E-state index contributed by atoms with van der Waals surface area (Å²) in [6, 6.07) is 3.63. The van der Waals surface area contributed by atoms with E-state index in [0.717, 1.165) is 12.2 Å². The van der Waals surface area contributed by atoms with E-state index in [0.29, 0.717) is 12.2 Å². The number of carbonyl (C=O) groups is 1. The highest BCUT2D eigenvalue weighted by Gasteiger charge is 2.03. The van der Waals surface area contributed by atoms with Crippen LogP contribution in [-0.4, -0.2) is 23.7 Å². The van der Waals surface area contributed by atoms with Crippen LogP contribution >= 0.6 is 0 Å². The van der Waals surface area contributed by atoms with Crippen LogP contribution in [0.5, 0.6) is 0 Å². The molecule has 0 aliphatic heterocycles. The maximum Gasteiger partial charge on any atom is 0.244 e. The van der Waals surface area contributed by atoms with Gasteiger partial charge in [0, 0.05) is 12.6 Å². The Labute approximate surface area is 101 Å². The van der Waals surface area contributed by atoms with E-state index in [1.165, 1.54) is 6.08 Å². The minimum absolute atomic E-state index is 0.228. The lowest BCUT2D eigenvalue weighted by Gasteiger charge is -2.08. The summed E-state index contributed by atoms with van der Waals surface area (Å²) in [5.41, 5.74) is 0. The molecule has 17 heavy (non-hydrogen) atoms. The molecule has 2 N–H and O–H groups in total. The summed E-state index contributed by atoms with van der Waals surface area (Å²) in [5, 5.41) is 12.1. The van der Waals surface area contributed by atoms with Gasteiger partial charge in [0.05, 0.1) is 6.10 Å². The van der Waals surface area contributed by atoms with Gasteiger partial charge in [0.25, 0.3) is 0 Å². The quantitative estimate of drug-likeness (QED) is 0.742. The largest absolute Gasteiger partial charge is 0.462 e. The van der Waals surface area contributed by atoms with Gasteiger partial charge < -0.3 is 14.8 Å². The van der Waals surface area contributed by atoms with Gasteiger partial charge in [-0.1, -0.05) is 13.3 Å². The number of hydrogen-bond donors (Lipinski definition) is 2. The lowest BCUT2D eigenvalue weighted by atomic mass is 10.2. The third-order valence-electron chi connectivity index (χ3n) is 2.29. The van der Waals surface area contributed by atoms with E-state index in [4.69, 9.17) is 4.42 Å². The maximum absolute atomic E-state index is 11.4. The minimum atomic E-state index is -0.469. The second-order valence-corrected chi connectivity index (χ2v) is 3.97. The smallest absolute Gasteiger partial charge is 0.244 e. The van der Waals surface area contributed by atoms with Crippen molar-refractivity contribution in [2.24, 2.45) is 0 Å². The Hall–Kier alpha value is -1.55. The van der Waals surface area contributed by atoms with Crippen LogP contribution in [0.4, 0.5) is 0 Å². The third-order valence-corrected chi connectivity index (χ3v) is 2.29. The van der Waals surface area contributed by atoms with Crippen LogP contribution in [0.25, 0.3) is 6.08 Å². The van der Waals surface area contributed by atoms with Crippen molar-refractivity contribution in [2.45, 2.75) is 32.8 Å². The van der Waals surface area contributed by atoms with Crippen molar-refractivity contribution < 1.29 is 14.3 Å². The van der Waals surface area contributed by atoms with Gasteiger partial charge in [-0.05, 0) is 31.6 Å². The highest BCUT2D eigenvalue weighted by atomic mass is 16.3. The Kier molecular flexibility index (Phi) is 5.49. The van der Waals surface area contributed by atoms with E-state index in [1.54, 1.807) is 12.1 Å². The van der Waals surface area contributed by atoms with Gasteiger partial charge in [-0.3, -0.25) is 4.79 Å². The molecule has 94 valence electrons. The van der Waals surface area contributed by atoms with Crippen LogP contribution in [0.2, 0.25) is 0 Å². The molecule has 4 nitrogen and oxygen atoms in total. The number of amides is 1. The molecule has 1 unspecified atom stereocenters. The predicted molar refractivity (Wildman–Crippen MR) is 66.4 cm³/mol. The fourth-order valence-electron chi connectivity index (χ4n) is 1.41. The van der Waals surface area contributed by atoms with E-state index < -0.39 is 6.10 Å². The Morgan fingerprint density at radius 1 is 1.59 bits per heavy atom. The number of rotatable bonds is 6. The van der Waals surface area contributed by atoms with E-state index >= 15 is 0 Å². The molecule has 4 heteroatoms. The number of aryl methyl sites for hydroxylation is 1. The van der Waals surface area contributed by atoms with E-state index in [1.807, 2.05) is 19.9 Å². The van der Waals surface area contributed by atoms with Crippen molar-refractivity contribution in [3.8, 4) is 0 Å². The zero-order valence-corrected chi connectivity index (χ0v) is 10.3. The zero-order valence-electron chi connectivity index (χ0n) is 10.3. The number of aliphatic hydroxyl groups excluding tert-OH is 1. The number of carbonyl (C=O) groups excluding carboxylic acids is 1. The molecular formula is C13H19NO3. The average Bonchev–Trinajstić information content (AvgIpc) is 2.70. The van der Waals surface area contributed by atoms with Crippen molar-refractivity contribution >= 4 is 12.0 Å². The number of nitrogens with one attached hydrogen (secondary N) is 1. The maximum atomic E-state index is 11.4. The van der Waals surface area contributed by atoms with E-state index in [-0.39, 0.29) is 12.5 Å². The van der Waals surface area contributed by atoms with Gasteiger partial charge in [-0.15, -0.1) is 0 Å². The molecule has 1 aromatic heterocycles. The predicted octanol–water partition coefficient (Wildman–Crippen LogP) is 1.88. The second kappa shape index (κ2) is 6.91. The normalized spacial score (nSPS) is 12.9. The van der Waals surface area contributed by atoms with Crippen LogP contribution in [0.1, 0.15) is 31.3 Å². The first kappa shape index (κ1) is 13.5. The van der Waals surface area contributed by atoms with Crippen molar-refractivity contribution in [3.63, 3.8) is 0 Å². The van der Waals surface area contributed by atoms with Crippen LogP contribution in [-0.2, 0) is 4.79 Å². The minimum Gasteiger partial charge on any atom is -0.462 e. The Bertz CT molecular complexity index is 382. The highest BCUT2D eigenvalue weighted by molar-refractivity contribution is 5.91. The molecule has 1 rings (SSSR count). The first-order valence-corrected chi connectivity index (χ1v) is 5.82. The Morgan fingerprint density at radius 3 is 2.94 bits per heavy atom. The standard InChI is InChI=1S/C13H19NO3/c1-3-4-11(15)9-14-13(16)8-7-12-6-5-10(2)17-12/h5-8,11,15H,3-4,9H2,1-2H3,(H,14,16)/b8-7+. The lowest BCUT2D eigenvalue weighted by molar-refractivity contribution is -0.116. The highest BCUT2D eigenvalue weighted by Crippen LogP contribution is 2.07. The SMILES string of the molecule is CCCC(O)CNC(=O)/C=C/c1ccc(C)o1. The van der Waals surface area contributed by atoms with Gasteiger partial charge in [0.2, 0.25) is 5.91 Å². The fourth-order valence-corrected chi connectivity index (χ4v) is 1.41. The average molecular weight is 237 g/mol. The summed E-state index contributed by atoms with van der Waals surface area (Å²) in [5.74, 6) is 1.23. The molecule has 1 aromatic rings. The Morgan fingerprint density at radius 2 is 2.35 bits per heavy atom. The van der Waals surface area contributed by atoms with Gasteiger partial charge in [-0.2, -0.15) is 0 Å². The molecule has 1 atom stereocenters. The molecule has 0 aliphatic rings. The molecule has 0 aromatic carbocycles. The molecule has 0 saturated heterocycles. The van der Waals surface area contributed by atoms with Crippen LogP contribution in [0.15, 0.2) is 22.6 Å². The molecule has 0 bridgehead atoms. The number of hydrogen-bond acceptors (Lipinski definition) is 3. The van der Waals surface area contributed by atoms with Crippen LogP contribution in [0.3, 0.4) is 0 Å². The Balaban J connectivity index is 2.32. The summed E-state index contributed by atoms with van der Waals surface area (Å²) in [4.78, 5) is 11.4. The first-order valence-electron chi connectivity index (χ1n) is 5.82. The summed E-state index contributed by atoms with van der Waals surface area (Å²) in [6.07, 6.45) is 4.13. The number of aliphatic hydroxyl groups is 1. The summed E-state index contributed by atoms with van der Waals surface area (Å²) in [6.45, 7) is 4.12. The summed E-state index contributed by atoms with van der Waals surface area (Å²) in [7, 11) is 0. The first-order chi connectivity index (χ1) is 8.11. The lowest BCUT2D eigenvalue weighted by Crippen LogP contribution is -2.30. The van der Waals surface area contributed by atoms with Gasteiger partial charge in [0.1, 0.15) is 11.5 Å².